The third-order valence-corrected chi connectivity index (χ3v) is 4.63. The first-order valence-corrected chi connectivity index (χ1v) is 8.05. The first-order valence-electron chi connectivity index (χ1n) is 8.05. The van der Waals surface area contributed by atoms with Crippen LogP contribution in [0.2, 0.25) is 0 Å². The molecule has 1 aromatic rings. The Morgan fingerprint density at radius 1 is 1.30 bits per heavy atom. The molecule has 2 bridgehead atoms. The largest absolute Gasteiger partial charge is 0.308 e. The van der Waals surface area contributed by atoms with E-state index in [1.54, 1.807) is 0 Å². The predicted molar refractivity (Wildman–Crippen MR) is 80.7 cm³/mol. The molecule has 4 rings (SSSR count). The molecule has 4 heterocycles. The van der Waals surface area contributed by atoms with Crippen molar-refractivity contribution < 1.29 is 0 Å². The topological polar surface area (TPSA) is 36.3 Å². The summed E-state index contributed by atoms with van der Waals surface area (Å²) >= 11 is 0. The van der Waals surface area contributed by atoms with Gasteiger partial charge < -0.3 is 5.32 Å². The first kappa shape index (κ1) is 14.0. The summed E-state index contributed by atoms with van der Waals surface area (Å²) in [6, 6.07) is 3.18. The van der Waals surface area contributed by atoms with Crippen LogP contribution in [0, 0.1) is 0 Å². The van der Waals surface area contributed by atoms with Crippen molar-refractivity contribution in [3.05, 3.63) is 18.0 Å². The van der Waals surface area contributed by atoms with Crippen LogP contribution in [0.25, 0.3) is 0 Å². The van der Waals surface area contributed by atoms with Crippen LogP contribution in [-0.2, 0) is 6.54 Å². The number of nitrogens with one attached hydrogen (secondary N) is 1. The average Bonchev–Trinajstić information content (AvgIpc) is 2.94. The fraction of sp³-hybridized carbons (Fsp3) is 0.800. The fourth-order valence-electron chi connectivity index (χ4n) is 3.64. The van der Waals surface area contributed by atoms with Crippen molar-refractivity contribution in [2.45, 2.75) is 38.9 Å². The number of aryl methyl sites for hydroxylation is 1. The normalized spacial score (nSPS) is 30.6. The molecule has 0 saturated carbocycles. The van der Waals surface area contributed by atoms with Crippen molar-refractivity contribution in [1.29, 1.82) is 0 Å². The van der Waals surface area contributed by atoms with E-state index in [-0.39, 0.29) is 0 Å². The van der Waals surface area contributed by atoms with Crippen LogP contribution in [-0.4, -0.2) is 64.9 Å². The fourth-order valence-corrected chi connectivity index (χ4v) is 3.64. The molecule has 3 saturated heterocycles. The summed E-state index contributed by atoms with van der Waals surface area (Å²) in [7, 11) is 0. The summed E-state index contributed by atoms with van der Waals surface area (Å²) < 4.78 is 2.19. The summed E-state index contributed by atoms with van der Waals surface area (Å²) in [5.74, 6) is 0. The Balaban J connectivity index is 1.83. The molecule has 2 atom stereocenters. The molecule has 2 unspecified atom stereocenters. The maximum absolute atomic E-state index is 4.51. The maximum atomic E-state index is 4.51. The van der Waals surface area contributed by atoms with Gasteiger partial charge in [-0.05, 0) is 19.0 Å². The van der Waals surface area contributed by atoms with Crippen molar-refractivity contribution in [2.75, 3.05) is 39.3 Å². The Morgan fingerprint density at radius 3 is 2.70 bits per heavy atom. The molecule has 20 heavy (non-hydrogen) atoms. The van der Waals surface area contributed by atoms with E-state index in [0.717, 1.165) is 19.5 Å². The lowest BCUT2D eigenvalue weighted by molar-refractivity contribution is -0.00475. The number of fused-ring (bicyclic) bond motifs is 3. The highest BCUT2D eigenvalue weighted by Gasteiger charge is 2.38. The minimum atomic E-state index is 0.400. The first-order chi connectivity index (χ1) is 9.83. The molecular weight excluding hydrogens is 250 g/mol. The highest BCUT2D eigenvalue weighted by atomic mass is 15.4. The van der Waals surface area contributed by atoms with E-state index in [0.29, 0.717) is 12.1 Å². The number of hydrogen-bond acceptors (Lipinski definition) is 4. The lowest BCUT2D eigenvalue weighted by Crippen LogP contribution is -2.64. The highest BCUT2D eigenvalue weighted by Crippen LogP contribution is 2.27. The molecule has 0 aromatic carbocycles. The second-order valence-electron chi connectivity index (χ2n) is 5.92. The van der Waals surface area contributed by atoms with Gasteiger partial charge in [0, 0.05) is 51.5 Å². The van der Waals surface area contributed by atoms with Crippen molar-refractivity contribution in [1.82, 2.24) is 24.9 Å². The van der Waals surface area contributed by atoms with Crippen molar-refractivity contribution in [3.8, 4) is 0 Å². The summed E-state index contributed by atoms with van der Waals surface area (Å²) in [5, 5.41) is 8.22. The third-order valence-electron chi connectivity index (χ3n) is 4.63. The van der Waals surface area contributed by atoms with Crippen LogP contribution in [0.1, 0.15) is 32.0 Å². The number of nitrogens with zero attached hydrogens (tertiary/aromatic N) is 4. The van der Waals surface area contributed by atoms with E-state index >= 15 is 0 Å². The molecule has 3 fully saturated rings. The van der Waals surface area contributed by atoms with E-state index in [1.807, 2.05) is 6.20 Å². The van der Waals surface area contributed by atoms with Gasteiger partial charge in [0.15, 0.2) is 0 Å². The number of likely N-dealkylation sites (N-methyl/N-ethyl adjacent to an activating group) is 1. The molecule has 0 aliphatic carbocycles. The van der Waals surface area contributed by atoms with Crippen molar-refractivity contribution in [3.63, 3.8) is 0 Å². The second-order valence-corrected chi connectivity index (χ2v) is 5.92. The van der Waals surface area contributed by atoms with Gasteiger partial charge in [0.2, 0.25) is 0 Å². The molecule has 1 N–H and O–H groups in total. The van der Waals surface area contributed by atoms with E-state index in [9.17, 15) is 0 Å². The number of piperazine rings is 3. The zero-order valence-corrected chi connectivity index (χ0v) is 12.8. The van der Waals surface area contributed by atoms with Crippen molar-refractivity contribution >= 4 is 0 Å². The van der Waals surface area contributed by atoms with Gasteiger partial charge in [0.1, 0.15) is 0 Å². The van der Waals surface area contributed by atoms with E-state index < -0.39 is 0 Å². The van der Waals surface area contributed by atoms with Crippen LogP contribution in [0.15, 0.2) is 12.3 Å². The second kappa shape index (κ2) is 6.24. The van der Waals surface area contributed by atoms with Gasteiger partial charge >= 0.3 is 0 Å². The SMILES string of the molecule is CCCn1nccc1C(NCC)C1CN2CCN1CC2. The lowest BCUT2D eigenvalue weighted by Gasteiger charge is -2.50. The third kappa shape index (κ3) is 2.62. The summed E-state index contributed by atoms with van der Waals surface area (Å²) in [6.07, 6.45) is 3.08. The Labute approximate surface area is 121 Å². The molecule has 0 spiro atoms. The molecule has 0 radical (unpaired) electrons. The lowest BCUT2D eigenvalue weighted by atomic mass is 9.97. The molecule has 112 valence electrons. The molecule has 1 aromatic heterocycles. The van der Waals surface area contributed by atoms with Gasteiger partial charge in [-0.15, -0.1) is 0 Å². The maximum Gasteiger partial charge on any atom is 0.0662 e. The minimum absolute atomic E-state index is 0.400. The average molecular weight is 277 g/mol. The minimum Gasteiger partial charge on any atom is -0.308 e. The zero-order valence-electron chi connectivity index (χ0n) is 12.8. The van der Waals surface area contributed by atoms with Gasteiger partial charge in [-0.1, -0.05) is 13.8 Å². The van der Waals surface area contributed by atoms with Crippen LogP contribution >= 0.6 is 0 Å². The number of hydrogen-bond donors (Lipinski definition) is 1. The predicted octanol–water partition coefficient (Wildman–Crippen LogP) is 0.944. The number of rotatable bonds is 6. The number of aromatic nitrogens is 2. The van der Waals surface area contributed by atoms with Gasteiger partial charge in [0.05, 0.1) is 11.7 Å². The summed E-state index contributed by atoms with van der Waals surface area (Å²) in [6.45, 7) is 12.5. The monoisotopic (exact) mass is 277 g/mol. The smallest absolute Gasteiger partial charge is 0.0662 e. The van der Waals surface area contributed by atoms with E-state index in [1.165, 1.54) is 38.4 Å². The van der Waals surface area contributed by atoms with Crippen LogP contribution in [0.3, 0.4) is 0 Å². The van der Waals surface area contributed by atoms with Crippen LogP contribution < -0.4 is 5.32 Å². The van der Waals surface area contributed by atoms with E-state index in [4.69, 9.17) is 0 Å². The molecule has 5 heteroatoms. The van der Waals surface area contributed by atoms with Gasteiger partial charge in [-0.3, -0.25) is 14.5 Å². The van der Waals surface area contributed by atoms with Gasteiger partial charge in [-0.25, -0.2) is 0 Å². The molecule has 3 aliphatic rings. The Hall–Kier alpha value is -0.910. The quantitative estimate of drug-likeness (QED) is 0.840. The molecule has 3 aliphatic heterocycles. The van der Waals surface area contributed by atoms with Crippen LogP contribution in [0.5, 0.6) is 0 Å². The van der Waals surface area contributed by atoms with Gasteiger partial charge in [-0.2, -0.15) is 5.10 Å². The van der Waals surface area contributed by atoms with Gasteiger partial charge in [0.25, 0.3) is 0 Å². The van der Waals surface area contributed by atoms with Crippen molar-refractivity contribution in [2.24, 2.45) is 0 Å². The van der Waals surface area contributed by atoms with E-state index in [2.05, 4.69) is 44.8 Å². The summed E-state index contributed by atoms with van der Waals surface area (Å²) in [4.78, 5) is 5.27. The van der Waals surface area contributed by atoms with Crippen LogP contribution in [0.4, 0.5) is 0 Å². The highest BCUT2D eigenvalue weighted by molar-refractivity contribution is 5.12. The Morgan fingerprint density at radius 2 is 2.10 bits per heavy atom. The molecule has 5 nitrogen and oxygen atoms in total. The molecular formula is C15H27N5. The summed E-state index contributed by atoms with van der Waals surface area (Å²) in [5.41, 5.74) is 1.35. The molecule has 0 amide bonds. The zero-order chi connectivity index (χ0) is 13.9. The standard InChI is InChI=1S/C15H27N5/c1-3-7-20-13(5-6-17-20)15(16-4-2)14-12-18-8-10-19(14)11-9-18/h5-6,14-16H,3-4,7-12H2,1-2H3. The Kier molecular flexibility index (Phi) is 4.38. The Bertz CT molecular complexity index is 422.